The summed E-state index contributed by atoms with van der Waals surface area (Å²) >= 11 is 0. The number of oxazole rings is 1. The fourth-order valence-corrected chi connectivity index (χ4v) is 3.60. The van der Waals surface area contributed by atoms with Crippen LogP contribution in [-0.4, -0.2) is 37.6 Å². The van der Waals surface area contributed by atoms with E-state index in [4.69, 9.17) is 4.42 Å². The first-order chi connectivity index (χ1) is 12.3. The van der Waals surface area contributed by atoms with Gasteiger partial charge in [0.2, 0.25) is 0 Å². The molecule has 0 bridgehead atoms. The van der Waals surface area contributed by atoms with Crippen LogP contribution in [0.5, 0.6) is 0 Å². The maximum absolute atomic E-state index is 5.99. The van der Waals surface area contributed by atoms with Gasteiger partial charge >= 0.3 is 0 Å². The number of aromatic nitrogens is 5. The molecule has 7 nitrogen and oxygen atoms in total. The Bertz CT molecular complexity index is 1020. The Balaban J connectivity index is 1.49. The number of rotatable bonds is 2. The molecule has 0 radical (unpaired) electrons. The molecule has 1 aliphatic heterocycles. The lowest BCUT2D eigenvalue weighted by Crippen LogP contribution is -2.35. The van der Waals surface area contributed by atoms with E-state index in [1.54, 1.807) is 12.7 Å². The molecule has 7 heteroatoms. The van der Waals surface area contributed by atoms with Crippen LogP contribution in [0.1, 0.15) is 24.7 Å². The predicted molar refractivity (Wildman–Crippen MR) is 94.5 cm³/mol. The number of anilines is 1. The molecule has 1 unspecified atom stereocenters. The van der Waals surface area contributed by atoms with Crippen LogP contribution in [0.4, 0.5) is 5.82 Å². The Hall–Kier alpha value is -2.96. The molecule has 3 aromatic heterocycles. The largest absolute Gasteiger partial charge is 0.440 e. The number of hydrogen-bond donors (Lipinski definition) is 0. The van der Waals surface area contributed by atoms with Crippen molar-refractivity contribution in [1.29, 1.82) is 0 Å². The molecule has 1 fully saturated rings. The Labute approximate surface area is 144 Å². The third kappa shape index (κ3) is 2.34. The molecular formula is C18H18N6O. The van der Waals surface area contributed by atoms with Crippen LogP contribution in [0.25, 0.3) is 22.3 Å². The average molecular weight is 334 g/mol. The maximum Gasteiger partial charge on any atom is 0.200 e. The number of fused-ring (bicyclic) bond motifs is 2. The van der Waals surface area contributed by atoms with Crippen molar-refractivity contribution in [1.82, 2.24) is 24.5 Å². The monoisotopic (exact) mass is 334 g/mol. The number of nitrogens with zero attached hydrogens (tertiary/aromatic N) is 6. The summed E-state index contributed by atoms with van der Waals surface area (Å²) in [4.78, 5) is 20.3. The summed E-state index contributed by atoms with van der Waals surface area (Å²) < 4.78 is 7.91. The minimum Gasteiger partial charge on any atom is -0.440 e. The predicted octanol–water partition coefficient (Wildman–Crippen LogP) is 2.89. The normalized spacial score (nSPS) is 18.3. The number of imidazole rings is 1. The fraction of sp³-hybridized carbons (Fsp3) is 0.333. The summed E-state index contributed by atoms with van der Waals surface area (Å²) in [5, 5.41) is 0. The highest BCUT2D eigenvalue weighted by atomic mass is 16.3. The van der Waals surface area contributed by atoms with E-state index in [0.29, 0.717) is 0 Å². The molecule has 0 spiro atoms. The summed E-state index contributed by atoms with van der Waals surface area (Å²) in [5.74, 6) is 1.97. The third-order valence-electron chi connectivity index (χ3n) is 4.86. The number of aryl methyl sites for hydroxylation is 1. The Kier molecular flexibility index (Phi) is 3.19. The van der Waals surface area contributed by atoms with Crippen molar-refractivity contribution in [2.24, 2.45) is 7.05 Å². The minimum atomic E-state index is 0.259. The lowest BCUT2D eigenvalue weighted by molar-refractivity contribution is 0.412. The van der Waals surface area contributed by atoms with Crippen LogP contribution in [0, 0.1) is 0 Å². The van der Waals surface area contributed by atoms with Crippen LogP contribution >= 0.6 is 0 Å². The summed E-state index contributed by atoms with van der Waals surface area (Å²) in [6, 6.07) is 7.92. The van der Waals surface area contributed by atoms with Gasteiger partial charge in [-0.05, 0) is 25.0 Å². The Morgan fingerprint density at radius 1 is 1.16 bits per heavy atom. The van der Waals surface area contributed by atoms with Gasteiger partial charge in [-0.1, -0.05) is 12.1 Å². The van der Waals surface area contributed by atoms with Crippen LogP contribution in [0.3, 0.4) is 0 Å². The molecule has 0 amide bonds. The summed E-state index contributed by atoms with van der Waals surface area (Å²) in [7, 11) is 1.95. The van der Waals surface area contributed by atoms with Gasteiger partial charge in [0.05, 0.1) is 12.2 Å². The van der Waals surface area contributed by atoms with Gasteiger partial charge in [0.25, 0.3) is 0 Å². The Morgan fingerprint density at radius 2 is 2.08 bits per heavy atom. The first-order valence-electron chi connectivity index (χ1n) is 8.52. The maximum atomic E-state index is 5.99. The molecular weight excluding hydrogens is 316 g/mol. The number of piperidine rings is 1. The van der Waals surface area contributed by atoms with E-state index < -0.39 is 0 Å². The van der Waals surface area contributed by atoms with Gasteiger partial charge < -0.3 is 13.9 Å². The highest BCUT2D eigenvalue weighted by Crippen LogP contribution is 2.32. The van der Waals surface area contributed by atoms with Gasteiger partial charge in [-0.25, -0.2) is 19.9 Å². The van der Waals surface area contributed by atoms with E-state index in [2.05, 4.69) is 24.8 Å². The van der Waals surface area contributed by atoms with E-state index in [-0.39, 0.29) is 5.92 Å². The highest BCUT2D eigenvalue weighted by Gasteiger charge is 2.27. The second-order valence-corrected chi connectivity index (χ2v) is 6.53. The van der Waals surface area contributed by atoms with Crippen molar-refractivity contribution in [3.63, 3.8) is 0 Å². The van der Waals surface area contributed by atoms with Crippen molar-refractivity contribution >= 4 is 28.1 Å². The molecule has 1 aliphatic rings. The smallest absolute Gasteiger partial charge is 0.200 e. The highest BCUT2D eigenvalue weighted by molar-refractivity contribution is 5.83. The molecule has 1 saturated heterocycles. The lowest BCUT2D eigenvalue weighted by atomic mass is 9.98. The summed E-state index contributed by atoms with van der Waals surface area (Å²) in [6.45, 7) is 1.79. The van der Waals surface area contributed by atoms with Gasteiger partial charge in [-0.15, -0.1) is 0 Å². The number of hydrogen-bond acceptors (Lipinski definition) is 6. The molecule has 1 aromatic carbocycles. The molecule has 0 saturated carbocycles. The molecule has 0 aliphatic carbocycles. The summed E-state index contributed by atoms with van der Waals surface area (Å²) in [5.41, 5.74) is 3.48. The second kappa shape index (κ2) is 5.54. The molecule has 126 valence electrons. The van der Waals surface area contributed by atoms with E-state index in [9.17, 15) is 0 Å². The molecule has 1 atom stereocenters. The van der Waals surface area contributed by atoms with Crippen LogP contribution < -0.4 is 4.90 Å². The zero-order chi connectivity index (χ0) is 16.8. The first kappa shape index (κ1) is 14.4. The van der Waals surface area contributed by atoms with E-state index in [0.717, 1.165) is 59.9 Å². The van der Waals surface area contributed by atoms with Gasteiger partial charge in [0.15, 0.2) is 28.5 Å². The molecule has 4 aromatic rings. The third-order valence-corrected chi connectivity index (χ3v) is 4.86. The zero-order valence-electron chi connectivity index (χ0n) is 14.0. The quantitative estimate of drug-likeness (QED) is 0.561. The number of benzene rings is 1. The standard InChI is InChI=1S/C18H18N6O/c1-23-11-21-15-16(23)19-10-20-17(15)24-8-4-5-12(9-24)18-22-13-6-2-3-7-14(13)25-18/h2-3,6-7,10-12H,4-5,8-9H2,1H3. The van der Waals surface area contributed by atoms with Crippen LogP contribution in [-0.2, 0) is 7.05 Å². The molecule has 25 heavy (non-hydrogen) atoms. The zero-order valence-corrected chi connectivity index (χ0v) is 14.0. The van der Waals surface area contributed by atoms with Crippen molar-refractivity contribution < 1.29 is 4.42 Å². The van der Waals surface area contributed by atoms with E-state index in [1.807, 2.05) is 35.9 Å². The fourth-order valence-electron chi connectivity index (χ4n) is 3.60. The van der Waals surface area contributed by atoms with Crippen molar-refractivity contribution in [3.8, 4) is 0 Å². The second-order valence-electron chi connectivity index (χ2n) is 6.53. The first-order valence-corrected chi connectivity index (χ1v) is 8.52. The minimum absolute atomic E-state index is 0.259. The van der Waals surface area contributed by atoms with E-state index in [1.165, 1.54) is 0 Å². The van der Waals surface area contributed by atoms with Gasteiger partial charge in [-0.2, -0.15) is 0 Å². The van der Waals surface area contributed by atoms with Gasteiger partial charge in [0, 0.05) is 20.1 Å². The van der Waals surface area contributed by atoms with Crippen LogP contribution in [0.15, 0.2) is 41.3 Å². The van der Waals surface area contributed by atoms with Gasteiger partial charge in [0.1, 0.15) is 11.8 Å². The topological polar surface area (TPSA) is 72.9 Å². The molecule has 0 N–H and O–H groups in total. The van der Waals surface area contributed by atoms with Crippen LogP contribution in [0.2, 0.25) is 0 Å². The Morgan fingerprint density at radius 3 is 3.00 bits per heavy atom. The van der Waals surface area contributed by atoms with Crippen molar-refractivity contribution in [3.05, 3.63) is 42.8 Å². The molecule has 4 heterocycles. The van der Waals surface area contributed by atoms with Crippen molar-refractivity contribution in [2.45, 2.75) is 18.8 Å². The average Bonchev–Trinajstić information content (AvgIpc) is 3.26. The molecule has 5 rings (SSSR count). The lowest BCUT2D eigenvalue weighted by Gasteiger charge is -2.32. The van der Waals surface area contributed by atoms with Gasteiger partial charge in [-0.3, -0.25) is 0 Å². The SMILES string of the molecule is Cn1cnc2c(N3CCCC(c4nc5ccccc5o4)C3)ncnc21. The van der Waals surface area contributed by atoms with Crippen molar-refractivity contribution in [2.75, 3.05) is 18.0 Å². The summed E-state index contributed by atoms with van der Waals surface area (Å²) in [6.07, 6.45) is 5.54. The number of para-hydroxylation sites is 2. The van der Waals surface area contributed by atoms with E-state index >= 15 is 0 Å².